The number of aromatic nitrogens is 3. The van der Waals surface area contributed by atoms with Gasteiger partial charge in [0.05, 0.1) is 0 Å². The van der Waals surface area contributed by atoms with Crippen LogP contribution in [0.1, 0.15) is 0 Å². The molecule has 0 fully saturated rings. The zero-order valence-corrected chi connectivity index (χ0v) is 7.67. The van der Waals surface area contributed by atoms with Gasteiger partial charge in [-0.3, -0.25) is 0 Å². The van der Waals surface area contributed by atoms with Crippen molar-refractivity contribution in [3.63, 3.8) is 0 Å². The molecule has 9 N–H and O–H groups in total. The summed E-state index contributed by atoms with van der Waals surface area (Å²) in [7, 11) is -4.64. The summed E-state index contributed by atoms with van der Waals surface area (Å²) in [4.78, 5) is 32.0. The summed E-state index contributed by atoms with van der Waals surface area (Å²) in [6, 6.07) is 0. The van der Waals surface area contributed by atoms with Gasteiger partial charge in [-0.25, -0.2) is 4.57 Å². The fourth-order valence-corrected chi connectivity index (χ4v) is 0.427. The summed E-state index contributed by atoms with van der Waals surface area (Å²) in [5, 5.41) is 0. The molecule has 0 spiro atoms. The average Bonchev–Trinajstić information content (AvgIpc) is 1.77. The van der Waals surface area contributed by atoms with Gasteiger partial charge in [-0.1, -0.05) is 0 Å². The molecule has 0 saturated heterocycles. The van der Waals surface area contributed by atoms with Gasteiger partial charge in [0.25, 0.3) is 0 Å². The Kier molecular flexibility index (Phi) is 7.79. The van der Waals surface area contributed by atoms with E-state index < -0.39 is 7.82 Å². The van der Waals surface area contributed by atoms with Gasteiger partial charge in [-0.2, -0.15) is 15.0 Å². The predicted molar refractivity (Wildman–Crippen MR) is 54.5 cm³/mol. The number of nitrogens with zero attached hydrogens (tertiary/aromatic N) is 3. The maximum absolute atomic E-state index is 8.88. The summed E-state index contributed by atoms with van der Waals surface area (Å²) in [5.41, 5.74) is 15.4. The molecule has 0 aliphatic carbocycles. The molecule has 1 aromatic heterocycles. The van der Waals surface area contributed by atoms with Crippen molar-refractivity contribution in [3.8, 4) is 0 Å². The van der Waals surface area contributed by atoms with Gasteiger partial charge in [-0.15, -0.1) is 0 Å². The first-order chi connectivity index (χ1) is 6.18. The molecule has 0 saturated carbocycles. The van der Waals surface area contributed by atoms with Crippen LogP contribution in [0, 0.1) is 0 Å². The average molecular weight is 248 g/mol. The van der Waals surface area contributed by atoms with Crippen LogP contribution in [0.25, 0.3) is 0 Å². The number of phosphoric acid groups is 1. The van der Waals surface area contributed by atoms with Crippen LogP contribution >= 0.6 is 7.82 Å². The van der Waals surface area contributed by atoms with Crippen molar-refractivity contribution in [2.75, 3.05) is 17.2 Å². The minimum absolute atomic E-state index is 0. The van der Waals surface area contributed by atoms with E-state index in [-0.39, 0.29) is 47.4 Å². The summed E-state index contributed by atoms with van der Waals surface area (Å²) < 4.78 is 8.88. The van der Waals surface area contributed by atoms with E-state index in [9.17, 15) is 0 Å². The molecule has 0 aliphatic heterocycles. The monoisotopic (exact) mass is 248 g/mol. The zero-order chi connectivity index (χ0) is 11.4. The van der Waals surface area contributed by atoms with E-state index in [2.05, 4.69) is 15.0 Å². The van der Waals surface area contributed by atoms with Gasteiger partial charge < -0.3 is 31.9 Å². The molecule has 10 nitrogen and oxygen atoms in total. The zero-order valence-electron chi connectivity index (χ0n) is 6.77. The quantitative estimate of drug-likeness (QED) is 0.204. The van der Waals surface area contributed by atoms with E-state index in [1.165, 1.54) is 0 Å². The van der Waals surface area contributed by atoms with Crippen molar-refractivity contribution in [2.45, 2.75) is 0 Å². The Labute approximate surface area is 106 Å². The van der Waals surface area contributed by atoms with Crippen LogP contribution in [0.5, 0.6) is 0 Å². The Morgan fingerprint density at radius 1 is 0.867 bits per heavy atom. The van der Waals surface area contributed by atoms with Crippen LogP contribution < -0.4 is 17.2 Å². The number of nitrogens with two attached hydrogens (primary N) is 3. The third-order valence-electron chi connectivity index (χ3n) is 0.687. The molecule has 0 aromatic carbocycles. The fourth-order valence-electron chi connectivity index (χ4n) is 0.427. The van der Waals surface area contributed by atoms with Gasteiger partial charge >= 0.3 is 37.4 Å². The first-order valence-electron chi connectivity index (χ1n) is 2.99. The van der Waals surface area contributed by atoms with E-state index in [1.807, 2.05) is 0 Å². The standard InChI is InChI=1S/C3H6N6.Na.H3O4P.H/c4-1-7-2(5)9-3(6)8-1;;1-5(2,3)4;/h(H6,4,5,6,7,8,9);;(H3,1,2,3,4);. The Bertz CT molecular complexity index is 297. The Hall–Kier alpha value is -0.480. The van der Waals surface area contributed by atoms with Gasteiger partial charge in [0.2, 0.25) is 17.8 Å². The van der Waals surface area contributed by atoms with Crippen molar-refractivity contribution in [3.05, 3.63) is 0 Å². The molecule has 82 valence electrons. The van der Waals surface area contributed by atoms with Gasteiger partial charge in [-0.05, 0) is 0 Å². The second-order valence-electron chi connectivity index (χ2n) is 1.92. The second-order valence-corrected chi connectivity index (χ2v) is 2.95. The molecule has 1 rings (SSSR count). The molecule has 1 heterocycles. The van der Waals surface area contributed by atoms with Crippen molar-refractivity contribution in [1.29, 1.82) is 0 Å². The molecule has 0 atom stereocenters. The number of hydrogen-bond donors (Lipinski definition) is 6. The van der Waals surface area contributed by atoms with E-state index >= 15 is 0 Å². The van der Waals surface area contributed by atoms with Crippen LogP contribution in [0.3, 0.4) is 0 Å². The topological polar surface area (TPSA) is 194 Å². The molecule has 15 heavy (non-hydrogen) atoms. The first kappa shape index (κ1) is 16.9. The van der Waals surface area contributed by atoms with E-state index in [0.717, 1.165) is 0 Å². The van der Waals surface area contributed by atoms with Crippen LogP contribution in [0.4, 0.5) is 17.8 Å². The predicted octanol–water partition coefficient (Wildman–Crippen LogP) is -2.96. The third kappa shape index (κ3) is 13.5. The molecule has 0 aliphatic rings. The Morgan fingerprint density at radius 2 is 1.00 bits per heavy atom. The van der Waals surface area contributed by atoms with Gasteiger partial charge in [0.1, 0.15) is 0 Å². The summed E-state index contributed by atoms with van der Waals surface area (Å²) in [6.45, 7) is 0. The Balaban J connectivity index is 0. The summed E-state index contributed by atoms with van der Waals surface area (Å²) >= 11 is 0. The number of rotatable bonds is 0. The molecule has 12 heteroatoms. The van der Waals surface area contributed by atoms with Crippen LogP contribution in [0.2, 0.25) is 0 Å². The molecule has 0 amide bonds. The second kappa shape index (κ2) is 6.90. The van der Waals surface area contributed by atoms with E-state index in [0.29, 0.717) is 0 Å². The van der Waals surface area contributed by atoms with E-state index in [4.69, 9.17) is 36.4 Å². The third-order valence-corrected chi connectivity index (χ3v) is 0.687. The van der Waals surface area contributed by atoms with Crippen LogP contribution in [-0.4, -0.2) is 59.2 Å². The van der Waals surface area contributed by atoms with Gasteiger partial charge in [0.15, 0.2) is 0 Å². The molecule has 1 aromatic rings. The first-order valence-corrected chi connectivity index (χ1v) is 4.56. The number of anilines is 3. The number of hydrogen-bond acceptors (Lipinski definition) is 7. The molecular weight excluding hydrogens is 238 g/mol. The van der Waals surface area contributed by atoms with Crippen LogP contribution in [-0.2, 0) is 4.57 Å². The minimum atomic E-state index is -4.64. The fraction of sp³-hybridized carbons (Fsp3) is 0. The van der Waals surface area contributed by atoms with Crippen molar-refractivity contribution >= 4 is 55.2 Å². The molecule has 0 radical (unpaired) electrons. The van der Waals surface area contributed by atoms with E-state index in [1.54, 1.807) is 0 Å². The number of nitrogen functional groups attached to an aromatic ring is 3. The molecular formula is C3H10N6NaO4P. The van der Waals surface area contributed by atoms with Crippen LogP contribution in [0.15, 0.2) is 0 Å². The molecule has 0 unspecified atom stereocenters. The van der Waals surface area contributed by atoms with Crippen molar-refractivity contribution in [1.82, 2.24) is 15.0 Å². The maximum atomic E-state index is 8.88. The normalized spacial score (nSPS) is 9.53. The SMILES string of the molecule is Nc1nc(N)nc(N)n1.O=P(O)(O)O.[NaH]. The van der Waals surface area contributed by atoms with Crippen molar-refractivity contribution < 1.29 is 19.2 Å². The Morgan fingerprint density at radius 3 is 1.13 bits per heavy atom. The summed E-state index contributed by atoms with van der Waals surface area (Å²) in [5.74, 6) is 0.125. The van der Waals surface area contributed by atoms with Gasteiger partial charge in [0, 0.05) is 0 Å². The summed E-state index contributed by atoms with van der Waals surface area (Å²) in [6.07, 6.45) is 0. The molecule has 0 bridgehead atoms. The van der Waals surface area contributed by atoms with Crippen molar-refractivity contribution in [2.24, 2.45) is 0 Å².